The smallest absolute Gasteiger partial charge is 0.261 e. The molecule has 1 N–H and O–H groups in total. The highest BCUT2D eigenvalue weighted by molar-refractivity contribution is 6.21. The molecule has 0 radical (unpaired) electrons. The van der Waals surface area contributed by atoms with E-state index >= 15 is 0 Å². The number of fused-ring (bicyclic) bond motifs is 1. The van der Waals surface area contributed by atoms with E-state index in [1.165, 1.54) is 7.05 Å². The monoisotopic (exact) mass is 260 g/mol. The number of carbonyl (C=O) groups excluding carboxylic acids is 2. The summed E-state index contributed by atoms with van der Waals surface area (Å²) < 4.78 is 5.32. The van der Waals surface area contributed by atoms with Crippen molar-refractivity contribution in [3.8, 4) is 0 Å². The first kappa shape index (κ1) is 12.2. The molecule has 100 valence electrons. The largest absolute Gasteiger partial charge is 0.385 e. The molecule has 0 spiro atoms. The summed E-state index contributed by atoms with van der Waals surface area (Å²) in [5.74, 6) is 0.0665. The van der Waals surface area contributed by atoms with Crippen molar-refractivity contribution in [3.05, 3.63) is 29.3 Å². The molecule has 1 atom stereocenters. The van der Waals surface area contributed by atoms with E-state index < -0.39 is 0 Å². The lowest BCUT2D eigenvalue weighted by molar-refractivity contribution is 0.0693. The third-order valence-electron chi connectivity index (χ3n) is 3.71. The van der Waals surface area contributed by atoms with Crippen molar-refractivity contribution in [2.75, 3.05) is 32.1 Å². The zero-order valence-corrected chi connectivity index (χ0v) is 10.8. The van der Waals surface area contributed by atoms with E-state index in [1.807, 2.05) is 6.07 Å². The molecular formula is C14H16N2O3. The van der Waals surface area contributed by atoms with Gasteiger partial charge in [0.2, 0.25) is 0 Å². The first-order chi connectivity index (χ1) is 9.16. The van der Waals surface area contributed by atoms with Crippen LogP contribution in [-0.2, 0) is 4.74 Å². The zero-order chi connectivity index (χ0) is 13.4. The number of ether oxygens (including phenoxy) is 1. The molecule has 0 bridgehead atoms. The van der Waals surface area contributed by atoms with Crippen LogP contribution in [0.1, 0.15) is 27.1 Å². The molecule has 0 aliphatic carbocycles. The number of nitrogens with one attached hydrogen (secondary N) is 1. The summed E-state index contributed by atoms with van der Waals surface area (Å²) in [4.78, 5) is 24.8. The van der Waals surface area contributed by atoms with Crippen molar-refractivity contribution < 1.29 is 14.3 Å². The fourth-order valence-corrected chi connectivity index (χ4v) is 2.48. The lowest BCUT2D eigenvalue weighted by Crippen LogP contribution is -2.24. The van der Waals surface area contributed by atoms with Crippen molar-refractivity contribution in [1.29, 1.82) is 0 Å². The normalized spacial score (nSPS) is 21.9. The van der Waals surface area contributed by atoms with E-state index in [4.69, 9.17) is 4.74 Å². The number of carbonyl (C=O) groups is 2. The molecule has 1 saturated heterocycles. The average Bonchev–Trinajstić information content (AvgIpc) is 3.01. The molecule has 2 heterocycles. The van der Waals surface area contributed by atoms with Crippen LogP contribution in [0.4, 0.5) is 5.69 Å². The number of benzene rings is 1. The zero-order valence-electron chi connectivity index (χ0n) is 10.8. The maximum Gasteiger partial charge on any atom is 0.261 e. The second kappa shape index (κ2) is 4.66. The Labute approximate surface area is 111 Å². The van der Waals surface area contributed by atoms with E-state index in [0.717, 1.165) is 36.8 Å². The molecule has 0 saturated carbocycles. The van der Waals surface area contributed by atoms with Gasteiger partial charge >= 0.3 is 0 Å². The Balaban J connectivity index is 1.75. The minimum Gasteiger partial charge on any atom is -0.385 e. The molecule has 19 heavy (non-hydrogen) atoms. The minimum atomic E-state index is -0.229. The molecule has 5 heteroatoms. The van der Waals surface area contributed by atoms with Crippen molar-refractivity contribution in [2.45, 2.75) is 6.42 Å². The topological polar surface area (TPSA) is 58.6 Å². The predicted octanol–water partition coefficient (Wildman–Crippen LogP) is 1.36. The lowest BCUT2D eigenvalue weighted by atomic mass is 10.1. The molecule has 0 aromatic heterocycles. The van der Waals surface area contributed by atoms with Gasteiger partial charge in [-0.3, -0.25) is 14.5 Å². The summed E-state index contributed by atoms with van der Waals surface area (Å²) in [6.45, 7) is 2.45. The number of hydrogen-bond donors (Lipinski definition) is 1. The van der Waals surface area contributed by atoms with Crippen LogP contribution in [0.5, 0.6) is 0 Å². The van der Waals surface area contributed by atoms with Crippen LogP contribution in [0.3, 0.4) is 0 Å². The van der Waals surface area contributed by atoms with Gasteiger partial charge in [0.05, 0.1) is 17.7 Å². The Morgan fingerprint density at radius 1 is 1.32 bits per heavy atom. The van der Waals surface area contributed by atoms with E-state index in [1.54, 1.807) is 12.1 Å². The van der Waals surface area contributed by atoms with Gasteiger partial charge in [0.25, 0.3) is 11.8 Å². The fraction of sp³-hybridized carbons (Fsp3) is 0.429. The number of hydrogen-bond acceptors (Lipinski definition) is 4. The SMILES string of the molecule is CN1C(=O)c2ccc(NCC3CCOC3)cc2C1=O. The molecule has 1 fully saturated rings. The highest BCUT2D eigenvalue weighted by Gasteiger charge is 2.32. The Morgan fingerprint density at radius 3 is 2.84 bits per heavy atom. The van der Waals surface area contributed by atoms with E-state index in [0.29, 0.717) is 17.0 Å². The molecule has 1 aromatic rings. The van der Waals surface area contributed by atoms with Crippen LogP contribution in [-0.4, -0.2) is 43.5 Å². The summed E-state index contributed by atoms with van der Waals surface area (Å²) >= 11 is 0. The second-order valence-corrected chi connectivity index (χ2v) is 5.04. The van der Waals surface area contributed by atoms with Gasteiger partial charge in [-0.15, -0.1) is 0 Å². The van der Waals surface area contributed by atoms with Gasteiger partial charge in [-0.25, -0.2) is 0 Å². The van der Waals surface area contributed by atoms with Gasteiger partial charge < -0.3 is 10.1 Å². The highest BCUT2D eigenvalue weighted by Crippen LogP contribution is 2.25. The first-order valence-corrected chi connectivity index (χ1v) is 6.45. The van der Waals surface area contributed by atoms with Gasteiger partial charge in [0, 0.05) is 31.8 Å². The average molecular weight is 260 g/mol. The molecule has 1 unspecified atom stereocenters. The minimum absolute atomic E-state index is 0.226. The lowest BCUT2D eigenvalue weighted by Gasteiger charge is -2.11. The number of amides is 2. The Hall–Kier alpha value is -1.88. The van der Waals surface area contributed by atoms with Crippen LogP contribution in [0.2, 0.25) is 0 Å². The number of imide groups is 1. The Morgan fingerprint density at radius 2 is 2.11 bits per heavy atom. The molecule has 2 aliphatic rings. The number of anilines is 1. The van der Waals surface area contributed by atoms with Gasteiger partial charge in [-0.05, 0) is 24.6 Å². The maximum atomic E-state index is 11.9. The summed E-state index contributed by atoms with van der Waals surface area (Å²) in [6, 6.07) is 5.32. The van der Waals surface area contributed by atoms with Gasteiger partial charge in [-0.1, -0.05) is 0 Å². The molecule has 2 aliphatic heterocycles. The van der Waals surface area contributed by atoms with E-state index in [2.05, 4.69) is 5.32 Å². The van der Waals surface area contributed by atoms with Crippen molar-refractivity contribution in [2.24, 2.45) is 5.92 Å². The quantitative estimate of drug-likeness (QED) is 0.834. The van der Waals surface area contributed by atoms with Gasteiger partial charge in [-0.2, -0.15) is 0 Å². The molecule has 5 nitrogen and oxygen atoms in total. The van der Waals surface area contributed by atoms with E-state index in [-0.39, 0.29) is 11.8 Å². The highest BCUT2D eigenvalue weighted by atomic mass is 16.5. The van der Waals surface area contributed by atoms with Crippen LogP contribution in [0, 0.1) is 5.92 Å². The van der Waals surface area contributed by atoms with E-state index in [9.17, 15) is 9.59 Å². The maximum absolute atomic E-state index is 11.9. The molecule has 3 rings (SSSR count). The Bertz CT molecular complexity index is 535. The molecule has 2 amide bonds. The summed E-state index contributed by atoms with van der Waals surface area (Å²) in [6.07, 6.45) is 1.07. The predicted molar refractivity (Wildman–Crippen MR) is 70.3 cm³/mol. The van der Waals surface area contributed by atoms with Gasteiger partial charge in [0.15, 0.2) is 0 Å². The van der Waals surface area contributed by atoms with Crippen molar-refractivity contribution >= 4 is 17.5 Å². The van der Waals surface area contributed by atoms with Crippen LogP contribution < -0.4 is 5.32 Å². The van der Waals surface area contributed by atoms with Crippen LogP contribution >= 0.6 is 0 Å². The Kier molecular flexibility index (Phi) is 2.98. The number of rotatable bonds is 3. The van der Waals surface area contributed by atoms with Crippen molar-refractivity contribution in [1.82, 2.24) is 4.90 Å². The molecule has 1 aromatic carbocycles. The standard InChI is InChI=1S/C14H16N2O3/c1-16-13(17)11-3-2-10(6-12(11)14(16)18)15-7-9-4-5-19-8-9/h2-3,6,9,15H,4-5,7-8H2,1H3. The number of nitrogens with zero attached hydrogens (tertiary/aromatic N) is 1. The first-order valence-electron chi connectivity index (χ1n) is 6.45. The third-order valence-corrected chi connectivity index (χ3v) is 3.71. The molecular weight excluding hydrogens is 244 g/mol. The summed E-state index contributed by atoms with van der Waals surface area (Å²) in [5, 5.41) is 3.30. The summed E-state index contributed by atoms with van der Waals surface area (Å²) in [5.41, 5.74) is 1.85. The second-order valence-electron chi connectivity index (χ2n) is 5.04. The van der Waals surface area contributed by atoms with Crippen molar-refractivity contribution in [3.63, 3.8) is 0 Å². The fourth-order valence-electron chi connectivity index (χ4n) is 2.48. The third kappa shape index (κ3) is 2.10. The van der Waals surface area contributed by atoms with Crippen LogP contribution in [0.15, 0.2) is 18.2 Å². The summed E-state index contributed by atoms with van der Waals surface area (Å²) in [7, 11) is 1.51. The van der Waals surface area contributed by atoms with Gasteiger partial charge in [0.1, 0.15) is 0 Å². The van der Waals surface area contributed by atoms with Crippen LogP contribution in [0.25, 0.3) is 0 Å².